The van der Waals surface area contributed by atoms with Crippen molar-refractivity contribution in [3.63, 3.8) is 0 Å². The molecule has 4 heteroatoms. The summed E-state index contributed by atoms with van der Waals surface area (Å²) in [5.41, 5.74) is 0. The molecule has 11 heavy (non-hydrogen) atoms. The van der Waals surface area contributed by atoms with E-state index in [0.29, 0.717) is 6.61 Å². The number of hydrogen-bond acceptors (Lipinski definition) is 4. The minimum atomic E-state index is -0.723. The van der Waals surface area contributed by atoms with Crippen LogP contribution in [-0.2, 0) is 9.53 Å². The van der Waals surface area contributed by atoms with Crippen molar-refractivity contribution in [3.05, 3.63) is 0 Å². The van der Waals surface area contributed by atoms with Gasteiger partial charge >= 0.3 is 5.97 Å². The predicted octanol–water partition coefficient (Wildman–Crippen LogP) is -0.482. The molecule has 0 bridgehead atoms. The molecule has 0 spiro atoms. The Morgan fingerprint density at radius 3 is 2.55 bits per heavy atom. The Hall–Kier alpha value is -0.610. The summed E-state index contributed by atoms with van der Waals surface area (Å²) in [4.78, 5) is 11.0. The fraction of sp³-hybridized carbons (Fsp3) is 0.857. The molecule has 0 fully saturated rings. The number of aliphatic hydroxyl groups excluding tert-OH is 1. The summed E-state index contributed by atoms with van der Waals surface area (Å²) in [6.07, 6.45) is -0.723. The zero-order valence-electron chi connectivity index (χ0n) is 7.13. The molecule has 2 atom stereocenters. The molecule has 0 aromatic carbocycles. The molecular weight excluding hydrogens is 146 g/mol. The molecule has 0 aliphatic carbocycles. The van der Waals surface area contributed by atoms with Crippen LogP contribution < -0.4 is 5.32 Å². The maximum atomic E-state index is 11.0. The van der Waals surface area contributed by atoms with Crippen LogP contribution in [0.1, 0.15) is 13.8 Å². The van der Waals surface area contributed by atoms with Gasteiger partial charge in [0.15, 0.2) is 0 Å². The number of rotatable bonds is 4. The second-order valence-electron chi connectivity index (χ2n) is 2.26. The van der Waals surface area contributed by atoms with E-state index >= 15 is 0 Å². The highest BCUT2D eigenvalue weighted by Gasteiger charge is 2.22. The average Bonchev–Trinajstić information content (AvgIpc) is 1.88. The van der Waals surface area contributed by atoms with Crippen molar-refractivity contribution >= 4 is 5.97 Å². The minimum Gasteiger partial charge on any atom is -0.465 e. The summed E-state index contributed by atoms with van der Waals surface area (Å²) in [6, 6.07) is -0.616. The first-order valence-corrected chi connectivity index (χ1v) is 3.65. The summed E-state index contributed by atoms with van der Waals surface area (Å²) in [5, 5.41) is 11.7. The van der Waals surface area contributed by atoms with Crippen molar-refractivity contribution in [2.75, 3.05) is 13.7 Å². The van der Waals surface area contributed by atoms with Gasteiger partial charge in [-0.25, -0.2) is 0 Å². The standard InChI is InChI=1S/C7H15NO3/c1-4-11-7(10)6(8-3)5(2)9/h5-6,8-9H,4H2,1-3H3. The number of carbonyl (C=O) groups is 1. The maximum absolute atomic E-state index is 11.0. The first kappa shape index (κ1) is 10.4. The van der Waals surface area contributed by atoms with Gasteiger partial charge in [-0.3, -0.25) is 4.79 Å². The van der Waals surface area contributed by atoms with Gasteiger partial charge in [-0.1, -0.05) is 0 Å². The van der Waals surface area contributed by atoms with Crippen LogP contribution in [0.2, 0.25) is 0 Å². The van der Waals surface area contributed by atoms with Gasteiger partial charge < -0.3 is 15.2 Å². The fourth-order valence-corrected chi connectivity index (χ4v) is 0.788. The van der Waals surface area contributed by atoms with Crippen molar-refractivity contribution in [3.8, 4) is 0 Å². The van der Waals surface area contributed by atoms with Crippen LogP contribution in [0.3, 0.4) is 0 Å². The van der Waals surface area contributed by atoms with Gasteiger partial charge in [0.2, 0.25) is 0 Å². The molecule has 66 valence electrons. The SMILES string of the molecule is CCOC(=O)C(NC)C(C)O. The maximum Gasteiger partial charge on any atom is 0.325 e. The Kier molecular flexibility index (Phi) is 4.81. The van der Waals surface area contributed by atoms with Gasteiger partial charge in [-0.2, -0.15) is 0 Å². The zero-order chi connectivity index (χ0) is 8.85. The normalized spacial score (nSPS) is 15.6. The molecule has 0 rings (SSSR count). The fourth-order valence-electron chi connectivity index (χ4n) is 0.788. The second-order valence-corrected chi connectivity index (χ2v) is 2.26. The molecule has 0 aliphatic rings. The lowest BCUT2D eigenvalue weighted by Crippen LogP contribution is -2.43. The van der Waals surface area contributed by atoms with E-state index < -0.39 is 18.1 Å². The van der Waals surface area contributed by atoms with E-state index in [1.165, 1.54) is 6.92 Å². The van der Waals surface area contributed by atoms with Crippen LogP contribution in [-0.4, -0.2) is 36.9 Å². The molecule has 0 saturated carbocycles. The van der Waals surface area contributed by atoms with E-state index in [1.807, 2.05) is 0 Å². The van der Waals surface area contributed by atoms with Gasteiger partial charge in [0.25, 0.3) is 0 Å². The van der Waals surface area contributed by atoms with Crippen LogP contribution in [0.4, 0.5) is 0 Å². The molecule has 0 heterocycles. The number of esters is 1. The van der Waals surface area contributed by atoms with Crippen LogP contribution in [0.15, 0.2) is 0 Å². The Bertz CT molecular complexity index is 125. The molecular formula is C7H15NO3. The molecule has 2 N–H and O–H groups in total. The molecule has 0 aliphatic heterocycles. The van der Waals surface area contributed by atoms with Crippen molar-refractivity contribution in [1.29, 1.82) is 0 Å². The highest BCUT2D eigenvalue weighted by Crippen LogP contribution is 1.94. The number of likely N-dealkylation sites (N-methyl/N-ethyl adjacent to an activating group) is 1. The third-order valence-electron chi connectivity index (χ3n) is 1.33. The largest absolute Gasteiger partial charge is 0.465 e. The molecule has 0 amide bonds. The van der Waals surface area contributed by atoms with Crippen LogP contribution in [0, 0.1) is 0 Å². The first-order chi connectivity index (χ1) is 5.13. The number of aliphatic hydroxyl groups is 1. The van der Waals surface area contributed by atoms with Crippen molar-refractivity contribution in [1.82, 2.24) is 5.32 Å². The number of carbonyl (C=O) groups excluding carboxylic acids is 1. The van der Waals surface area contributed by atoms with Crippen molar-refractivity contribution < 1.29 is 14.6 Å². The molecule has 0 aromatic heterocycles. The van der Waals surface area contributed by atoms with Crippen LogP contribution >= 0.6 is 0 Å². The van der Waals surface area contributed by atoms with Gasteiger partial charge in [0, 0.05) is 0 Å². The summed E-state index contributed by atoms with van der Waals surface area (Å²) >= 11 is 0. The molecule has 0 aromatic rings. The summed E-state index contributed by atoms with van der Waals surface area (Å²) in [5.74, 6) is -0.412. The minimum absolute atomic E-state index is 0.337. The monoisotopic (exact) mass is 161 g/mol. The van der Waals surface area contributed by atoms with Gasteiger partial charge in [-0.05, 0) is 20.9 Å². The van der Waals surface area contributed by atoms with Gasteiger partial charge in [0.05, 0.1) is 12.7 Å². The highest BCUT2D eigenvalue weighted by molar-refractivity contribution is 5.76. The number of ether oxygens (including phenoxy) is 1. The lowest BCUT2D eigenvalue weighted by molar-refractivity contribution is -0.148. The van der Waals surface area contributed by atoms with E-state index in [1.54, 1.807) is 14.0 Å². The Balaban J connectivity index is 3.92. The Labute approximate surface area is 66.5 Å². The zero-order valence-corrected chi connectivity index (χ0v) is 7.13. The third-order valence-corrected chi connectivity index (χ3v) is 1.33. The molecule has 0 radical (unpaired) electrons. The predicted molar refractivity (Wildman–Crippen MR) is 41.2 cm³/mol. The molecule has 0 saturated heterocycles. The van der Waals surface area contributed by atoms with Gasteiger partial charge in [0.1, 0.15) is 6.04 Å². The van der Waals surface area contributed by atoms with E-state index in [0.717, 1.165) is 0 Å². The lowest BCUT2D eigenvalue weighted by Gasteiger charge is -2.16. The molecule has 2 unspecified atom stereocenters. The van der Waals surface area contributed by atoms with Gasteiger partial charge in [-0.15, -0.1) is 0 Å². The van der Waals surface area contributed by atoms with E-state index in [-0.39, 0.29) is 0 Å². The van der Waals surface area contributed by atoms with E-state index in [9.17, 15) is 4.79 Å². The summed E-state index contributed by atoms with van der Waals surface area (Å²) in [7, 11) is 1.61. The van der Waals surface area contributed by atoms with E-state index in [4.69, 9.17) is 9.84 Å². The average molecular weight is 161 g/mol. The highest BCUT2D eigenvalue weighted by atomic mass is 16.5. The molecule has 4 nitrogen and oxygen atoms in total. The quantitative estimate of drug-likeness (QED) is 0.547. The number of nitrogens with one attached hydrogen (secondary N) is 1. The van der Waals surface area contributed by atoms with Crippen LogP contribution in [0.25, 0.3) is 0 Å². The van der Waals surface area contributed by atoms with E-state index in [2.05, 4.69) is 5.32 Å². The van der Waals surface area contributed by atoms with Crippen molar-refractivity contribution in [2.45, 2.75) is 26.0 Å². The van der Waals surface area contributed by atoms with Crippen LogP contribution in [0.5, 0.6) is 0 Å². The summed E-state index contributed by atoms with van der Waals surface area (Å²) < 4.78 is 4.69. The number of hydrogen-bond donors (Lipinski definition) is 2. The first-order valence-electron chi connectivity index (χ1n) is 3.65. The van der Waals surface area contributed by atoms with Crippen molar-refractivity contribution in [2.24, 2.45) is 0 Å². The Morgan fingerprint density at radius 1 is 1.73 bits per heavy atom. The topological polar surface area (TPSA) is 58.6 Å². The Morgan fingerprint density at radius 2 is 2.27 bits per heavy atom. The smallest absolute Gasteiger partial charge is 0.325 e. The second kappa shape index (κ2) is 5.09. The lowest BCUT2D eigenvalue weighted by atomic mass is 10.2. The third kappa shape index (κ3) is 3.34. The summed E-state index contributed by atoms with van der Waals surface area (Å²) in [6.45, 7) is 3.61.